The molecule has 0 aliphatic heterocycles. The number of benzene rings is 3. The van der Waals surface area contributed by atoms with Crippen molar-refractivity contribution in [2.75, 3.05) is 0 Å². The monoisotopic (exact) mass is 474 g/mol. The maximum atomic E-state index is 5.98. The Morgan fingerprint density at radius 1 is 0.433 bits per heavy atom. The molecule has 6 heteroatoms. The molecule has 0 bridgehead atoms. The number of rotatable bonds is 10. The molecular weight excluding hydrogens is 449 g/mol. The van der Waals surface area contributed by atoms with Crippen molar-refractivity contribution in [2.45, 2.75) is 36.2 Å². The average molecular weight is 475 g/mol. The number of thiol groups is 4. The Bertz CT molecular complexity index is 835. The molecular formula is C24H26O2S4. The lowest BCUT2D eigenvalue weighted by Crippen LogP contribution is -1.99. The zero-order valence-corrected chi connectivity index (χ0v) is 20.2. The van der Waals surface area contributed by atoms with Gasteiger partial charge >= 0.3 is 0 Å². The molecule has 0 saturated heterocycles. The lowest BCUT2D eigenvalue weighted by Gasteiger charge is -2.11. The zero-order valence-electron chi connectivity index (χ0n) is 16.6. The van der Waals surface area contributed by atoms with Crippen LogP contribution in [0.4, 0.5) is 0 Å². The molecule has 0 aliphatic rings. The molecule has 3 rings (SSSR count). The maximum absolute atomic E-state index is 5.98. The van der Waals surface area contributed by atoms with Crippen molar-refractivity contribution in [3.05, 3.63) is 94.0 Å². The van der Waals surface area contributed by atoms with Crippen molar-refractivity contribution in [1.82, 2.24) is 0 Å². The molecule has 0 heterocycles. The highest BCUT2D eigenvalue weighted by atomic mass is 32.1. The lowest BCUT2D eigenvalue weighted by atomic mass is 10.1. The van der Waals surface area contributed by atoms with Crippen LogP contribution < -0.4 is 9.47 Å². The van der Waals surface area contributed by atoms with Crippen LogP contribution in [-0.4, -0.2) is 0 Å². The minimum absolute atomic E-state index is 0.512. The minimum Gasteiger partial charge on any atom is -0.489 e. The van der Waals surface area contributed by atoms with Gasteiger partial charge in [0, 0.05) is 23.0 Å². The number of hydrogen-bond acceptors (Lipinski definition) is 6. The first-order valence-corrected chi connectivity index (χ1v) is 12.2. The predicted molar refractivity (Wildman–Crippen MR) is 139 cm³/mol. The fourth-order valence-electron chi connectivity index (χ4n) is 3.05. The molecule has 3 aromatic rings. The Kier molecular flexibility index (Phi) is 9.25. The maximum Gasteiger partial charge on any atom is 0.120 e. The molecule has 0 fully saturated rings. The first-order chi connectivity index (χ1) is 14.6. The summed E-state index contributed by atoms with van der Waals surface area (Å²) in [6.07, 6.45) is 0. The fourth-order valence-corrected chi connectivity index (χ4v) is 3.78. The molecule has 0 amide bonds. The van der Waals surface area contributed by atoms with Gasteiger partial charge in [-0.2, -0.15) is 50.5 Å². The van der Waals surface area contributed by atoms with Crippen molar-refractivity contribution < 1.29 is 9.47 Å². The van der Waals surface area contributed by atoms with Gasteiger partial charge in [0.1, 0.15) is 24.7 Å². The summed E-state index contributed by atoms with van der Waals surface area (Å²) in [4.78, 5) is 0. The Morgan fingerprint density at radius 3 is 1.00 bits per heavy atom. The molecule has 0 aliphatic carbocycles. The largest absolute Gasteiger partial charge is 0.489 e. The SMILES string of the molecule is SCc1cc(CS)cc(OCc2ccc(COc3cc(CS)cc(CS)c3)cc2)c1. The highest BCUT2D eigenvalue weighted by Gasteiger charge is 2.04. The van der Waals surface area contributed by atoms with Crippen LogP contribution in [-0.2, 0) is 36.2 Å². The third kappa shape index (κ3) is 6.84. The van der Waals surface area contributed by atoms with E-state index in [2.05, 4.69) is 86.9 Å². The Labute approximate surface area is 201 Å². The third-order valence-corrected chi connectivity index (χ3v) is 6.08. The topological polar surface area (TPSA) is 18.5 Å². The lowest BCUT2D eigenvalue weighted by molar-refractivity contribution is 0.302. The molecule has 158 valence electrons. The van der Waals surface area contributed by atoms with E-state index in [1.54, 1.807) is 0 Å². The summed E-state index contributed by atoms with van der Waals surface area (Å²) in [6.45, 7) is 1.02. The van der Waals surface area contributed by atoms with E-state index in [1.807, 2.05) is 24.3 Å². The first kappa shape index (κ1) is 23.3. The van der Waals surface area contributed by atoms with Gasteiger partial charge in [-0.15, -0.1) is 0 Å². The van der Waals surface area contributed by atoms with E-state index in [-0.39, 0.29) is 0 Å². The predicted octanol–water partition coefficient (Wildman–Crippen LogP) is 6.56. The van der Waals surface area contributed by atoms with Gasteiger partial charge < -0.3 is 9.47 Å². The van der Waals surface area contributed by atoms with Crippen LogP contribution in [0, 0.1) is 0 Å². The highest BCUT2D eigenvalue weighted by molar-refractivity contribution is 7.79. The smallest absolute Gasteiger partial charge is 0.120 e. The molecule has 0 radical (unpaired) electrons. The molecule has 2 nitrogen and oxygen atoms in total. The van der Waals surface area contributed by atoms with E-state index in [9.17, 15) is 0 Å². The van der Waals surface area contributed by atoms with Crippen molar-refractivity contribution in [3.63, 3.8) is 0 Å². The number of ether oxygens (including phenoxy) is 2. The summed E-state index contributed by atoms with van der Waals surface area (Å²) in [5.74, 6) is 4.42. The summed E-state index contributed by atoms with van der Waals surface area (Å²) in [5.41, 5.74) is 6.76. The second-order valence-corrected chi connectivity index (χ2v) is 8.26. The van der Waals surface area contributed by atoms with Gasteiger partial charge in [0.2, 0.25) is 0 Å². The number of hydrogen-bond donors (Lipinski definition) is 4. The van der Waals surface area contributed by atoms with E-state index in [0.717, 1.165) is 44.9 Å². The molecule has 0 atom stereocenters. The standard InChI is InChI=1S/C24H26O2S4/c27-13-19-5-20(14-28)8-23(7-19)25-11-17-1-2-18(4-3-17)12-26-24-9-21(15-29)6-22(10-24)16-30/h1-10,27-30H,11-16H2. The van der Waals surface area contributed by atoms with Gasteiger partial charge in [0.25, 0.3) is 0 Å². The summed E-state index contributed by atoms with van der Waals surface area (Å²) < 4.78 is 12.0. The normalized spacial score (nSPS) is 10.8. The first-order valence-electron chi connectivity index (χ1n) is 9.66. The van der Waals surface area contributed by atoms with Crippen LogP contribution in [0.25, 0.3) is 0 Å². The zero-order chi connectivity index (χ0) is 21.3. The van der Waals surface area contributed by atoms with Crippen molar-refractivity contribution in [1.29, 1.82) is 0 Å². The van der Waals surface area contributed by atoms with Crippen LogP contribution in [0.3, 0.4) is 0 Å². The van der Waals surface area contributed by atoms with Crippen LogP contribution in [0.5, 0.6) is 11.5 Å². The average Bonchev–Trinajstić information content (AvgIpc) is 2.81. The van der Waals surface area contributed by atoms with Crippen LogP contribution in [0.1, 0.15) is 33.4 Å². The molecule has 0 aromatic heterocycles. The van der Waals surface area contributed by atoms with Crippen LogP contribution in [0.2, 0.25) is 0 Å². The van der Waals surface area contributed by atoms with Gasteiger partial charge in [-0.05, 0) is 57.6 Å². The molecule has 3 aromatic carbocycles. The molecule has 0 saturated carbocycles. The van der Waals surface area contributed by atoms with Crippen molar-refractivity contribution >= 4 is 50.5 Å². The van der Waals surface area contributed by atoms with Gasteiger partial charge in [0.15, 0.2) is 0 Å². The second-order valence-electron chi connectivity index (χ2n) is 7.00. The Balaban J connectivity index is 1.58. The Morgan fingerprint density at radius 2 is 0.733 bits per heavy atom. The summed E-state index contributed by atoms with van der Waals surface area (Å²) in [5, 5.41) is 0. The molecule has 0 spiro atoms. The molecule has 30 heavy (non-hydrogen) atoms. The van der Waals surface area contributed by atoms with Gasteiger partial charge in [-0.1, -0.05) is 36.4 Å². The summed E-state index contributed by atoms with van der Waals surface area (Å²) in [7, 11) is 0. The summed E-state index contributed by atoms with van der Waals surface area (Å²) in [6, 6.07) is 20.6. The quantitative estimate of drug-likeness (QED) is 0.249. The van der Waals surface area contributed by atoms with E-state index in [1.165, 1.54) is 0 Å². The van der Waals surface area contributed by atoms with E-state index < -0.39 is 0 Å². The minimum atomic E-state index is 0.512. The van der Waals surface area contributed by atoms with Crippen molar-refractivity contribution in [3.8, 4) is 11.5 Å². The van der Waals surface area contributed by atoms with Crippen LogP contribution in [0.15, 0.2) is 60.7 Å². The molecule has 0 N–H and O–H groups in total. The highest BCUT2D eigenvalue weighted by Crippen LogP contribution is 2.23. The third-order valence-electron chi connectivity index (χ3n) is 4.62. The Hall–Kier alpha value is -1.34. The molecule has 0 unspecified atom stereocenters. The van der Waals surface area contributed by atoms with E-state index in [0.29, 0.717) is 36.2 Å². The second kappa shape index (κ2) is 11.9. The van der Waals surface area contributed by atoms with Gasteiger partial charge in [-0.25, -0.2) is 0 Å². The van der Waals surface area contributed by atoms with E-state index in [4.69, 9.17) is 9.47 Å². The van der Waals surface area contributed by atoms with E-state index >= 15 is 0 Å². The summed E-state index contributed by atoms with van der Waals surface area (Å²) >= 11 is 17.4. The van der Waals surface area contributed by atoms with Gasteiger partial charge in [0.05, 0.1) is 0 Å². The van der Waals surface area contributed by atoms with Crippen molar-refractivity contribution in [2.24, 2.45) is 0 Å². The van der Waals surface area contributed by atoms with Crippen LogP contribution >= 0.6 is 50.5 Å². The van der Waals surface area contributed by atoms with Gasteiger partial charge in [-0.3, -0.25) is 0 Å². The fraction of sp³-hybridized carbons (Fsp3) is 0.250.